The first-order valence-electron chi connectivity index (χ1n) is 11.8. The molecular formula is C28H28ClN3O2. The van der Waals surface area contributed by atoms with Crippen LogP contribution in [0.3, 0.4) is 0 Å². The van der Waals surface area contributed by atoms with Gasteiger partial charge in [0, 0.05) is 36.1 Å². The lowest BCUT2D eigenvalue weighted by Crippen LogP contribution is -2.24. The zero-order valence-corrected chi connectivity index (χ0v) is 20.0. The van der Waals surface area contributed by atoms with Gasteiger partial charge in [0.1, 0.15) is 11.6 Å². The fourth-order valence-electron chi connectivity index (χ4n) is 4.66. The lowest BCUT2D eigenvalue weighted by atomic mass is 10.1. The van der Waals surface area contributed by atoms with Gasteiger partial charge in [0.2, 0.25) is 5.91 Å². The van der Waals surface area contributed by atoms with Gasteiger partial charge in [-0.05, 0) is 73.9 Å². The number of ether oxygens (including phenoxy) is 1. The van der Waals surface area contributed by atoms with E-state index in [1.165, 1.54) is 5.56 Å². The monoisotopic (exact) mass is 473 g/mol. The highest BCUT2D eigenvalue weighted by atomic mass is 35.5. The number of aryl methyl sites for hydroxylation is 2. The number of unbranched alkanes of at least 4 members (excludes halogenated alkanes) is 1. The lowest BCUT2D eigenvalue weighted by molar-refractivity contribution is -0.117. The van der Waals surface area contributed by atoms with Crippen molar-refractivity contribution in [2.24, 2.45) is 0 Å². The van der Waals surface area contributed by atoms with E-state index in [1.807, 2.05) is 59.5 Å². The maximum absolute atomic E-state index is 12.9. The van der Waals surface area contributed by atoms with E-state index in [1.54, 1.807) is 0 Å². The van der Waals surface area contributed by atoms with Crippen molar-refractivity contribution in [3.8, 4) is 5.75 Å². The van der Waals surface area contributed by atoms with Gasteiger partial charge in [0.15, 0.2) is 0 Å². The van der Waals surface area contributed by atoms with Crippen molar-refractivity contribution in [3.05, 3.63) is 89.2 Å². The van der Waals surface area contributed by atoms with Crippen LogP contribution in [0.4, 0.5) is 5.69 Å². The van der Waals surface area contributed by atoms with Crippen LogP contribution in [-0.2, 0) is 11.3 Å². The van der Waals surface area contributed by atoms with Crippen LogP contribution in [0.5, 0.6) is 5.75 Å². The number of fused-ring (bicyclic) bond motifs is 1. The number of imidazole rings is 1. The predicted octanol–water partition coefficient (Wildman–Crippen LogP) is 6.38. The number of hydrogen-bond donors (Lipinski definition) is 0. The quantitative estimate of drug-likeness (QED) is 0.279. The highest BCUT2D eigenvalue weighted by molar-refractivity contribution is 6.30. The van der Waals surface area contributed by atoms with Gasteiger partial charge in [-0.3, -0.25) is 4.79 Å². The molecule has 1 aliphatic rings. The first-order chi connectivity index (χ1) is 16.6. The summed E-state index contributed by atoms with van der Waals surface area (Å²) in [6.45, 7) is 4.22. The zero-order valence-electron chi connectivity index (χ0n) is 19.3. The highest BCUT2D eigenvalue weighted by Crippen LogP contribution is 2.33. The second kappa shape index (κ2) is 9.90. The van der Waals surface area contributed by atoms with Crippen molar-refractivity contribution in [2.45, 2.75) is 38.6 Å². The van der Waals surface area contributed by atoms with E-state index in [0.29, 0.717) is 24.6 Å². The fraction of sp³-hybridized carbons (Fsp3) is 0.286. The molecule has 1 amide bonds. The molecule has 4 aromatic rings. The molecule has 0 spiro atoms. The molecule has 0 bridgehead atoms. The summed E-state index contributed by atoms with van der Waals surface area (Å²) in [4.78, 5) is 19.7. The number of benzene rings is 3. The molecule has 1 aromatic heterocycles. The Kier molecular flexibility index (Phi) is 6.54. The van der Waals surface area contributed by atoms with Gasteiger partial charge in [-0.1, -0.05) is 35.9 Å². The average Bonchev–Trinajstić information content (AvgIpc) is 3.40. The molecule has 1 fully saturated rings. The van der Waals surface area contributed by atoms with Crippen LogP contribution in [-0.4, -0.2) is 28.6 Å². The minimum absolute atomic E-state index is 0.0547. The normalized spacial score (nSPS) is 15.9. The van der Waals surface area contributed by atoms with E-state index in [4.69, 9.17) is 21.3 Å². The van der Waals surface area contributed by atoms with E-state index in [2.05, 4.69) is 29.7 Å². The third-order valence-electron chi connectivity index (χ3n) is 6.35. The molecule has 1 atom stereocenters. The Morgan fingerprint density at radius 1 is 1.03 bits per heavy atom. The second-order valence-corrected chi connectivity index (χ2v) is 9.30. The van der Waals surface area contributed by atoms with Gasteiger partial charge < -0.3 is 14.2 Å². The van der Waals surface area contributed by atoms with Crippen molar-refractivity contribution < 1.29 is 9.53 Å². The molecule has 0 radical (unpaired) electrons. The third-order valence-corrected chi connectivity index (χ3v) is 6.60. The standard InChI is InChI=1S/C28H28ClN3O2/c1-20-7-6-8-24(17-20)34-16-5-4-15-31-26-10-3-2-9-25(26)30-28(31)21-18-27(33)32(19-21)23-13-11-22(29)12-14-23/h2-3,6-14,17,21H,4-5,15-16,18-19H2,1H3/t21-/m0/s1. The van der Waals surface area contributed by atoms with Crippen LogP contribution in [0.25, 0.3) is 11.0 Å². The van der Waals surface area contributed by atoms with E-state index >= 15 is 0 Å². The molecule has 0 N–H and O–H groups in total. The minimum Gasteiger partial charge on any atom is -0.494 e. The van der Waals surface area contributed by atoms with Crippen LogP contribution in [0, 0.1) is 6.92 Å². The molecule has 0 saturated carbocycles. The van der Waals surface area contributed by atoms with E-state index in [0.717, 1.165) is 47.7 Å². The van der Waals surface area contributed by atoms with Gasteiger partial charge in [-0.25, -0.2) is 4.98 Å². The van der Waals surface area contributed by atoms with Crippen LogP contribution < -0.4 is 9.64 Å². The van der Waals surface area contributed by atoms with Crippen LogP contribution >= 0.6 is 11.6 Å². The molecule has 6 heteroatoms. The summed E-state index contributed by atoms with van der Waals surface area (Å²) in [7, 11) is 0. The number of nitrogens with zero attached hydrogens (tertiary/aromatic N) is 3. The maximum Gasteiger partial charge on any atom is 0.227 e. The van der Waals surface area contributed by atoms with Crippen molar-refractivity contribution >= 4 is 34.2 Å². The summed E-state index contributed by atoms with van der Waals surface area (Å²) in [6, 6.07) is 23.8. The van der Waals surface area contributed by atoms with Gasteiger partial charge in [-0.2, -0.15) is 0 Å². The number of amides is 1. The molecule has 174 valence electrons. The van der Waals surface area contributed by atoms with Gasteiger partial charge >= 0.3 is 0 Å². The maximum atomic E-state index is 12.9. The summed E-state index contributed by atoms with van der Waals surface area (Å²) in [5.41, 5.74) is 4.18. The number of halogens is 1. The molecule has 1 aliphatic heterocycles. The Morgan fingerprint density at radius 3 is 2.68 bits per heavy atom. The number of aromatic nitrogens is 2. The molecule has 5 rings (SSSR count). The van der Waals surface area contributed by atoms with Crippen molar-refractivity contribution in [2.75, 3.05) is 18.1 Å². The SMILES string of the molecule is Cc1cccc(OCCCCn2c([C@H]3CC(=O)N(c4ccc(Cl)cc4)C3)nc3ccccc32)c1. The summed E-state index contributed by atoms with van der Waals surface area (Å²) in [6.07, 6.45) is 2.38. The summed E-state index contributed by atoms with van der Waals surface area (Å²) >= 11 is 6.03. The van der Waals surface area contributed by atoms with Crippen molar-refractivity contribution in [1.29, 1.82) is 0 Å². The minimum atomic E-state index is 0.0547. The predicted molar refractivity (Wildman–Crippen MR) is 137 cm³/mol. The smallest absolute Gasteiger partial charge is 0.227 e. The number of anilines is 1. The van der Waals surface area contributed by atoms with E-state index < -0.39 is 0 Å². The summed E-state index contributed by atoms with van der Waals surface area (Å²) in [5, 5.41) is 0.667. The summed E-state index contributed by atoms with van der Waals surface area (Å²) < 4.78 is 8.22. The van der Waals surface area contributed by atoms with Gasteiger partial charge in [0.05, 0.1) is 17.6 Å². The Labute approximate surface area is 204 Å². The van der Waals surface area contributed by atoms with Gasteiger partial charge in [0.25, 0.3) is 0 Å². The fourth-order valence-corrected chi connectivity index (χ4v) is 4.79. The Morgan fingerprint density at radius 2 is 1.85 bits per heavy atom. The van der Waals surface area contributed by atoms with E-state index in [9.17, 15) is 4.79 Å². The Hall–Kier alpha value is -3.31. The molecule has 0 aliphatic carbocycles. The van der Waals surface area contributed by atoms with E-state index in [-0.39, 0.29) is 11.8 Å². The molecule has 34 heavy (non-hydrogen) atoms. The van der Waals surface area contributed by atoms with Gasteiger partial charge in [-0.15, -0.1) is 0 Å². The number of hydrogen-bond acceptors (Lipinski definition) is 3. The Bertz CT molecular complexity index is 1300. The lowest BCUT2D eigenvalue weighted by Gasteiger charge is -2.17. The first-order valence-corrected chi connectivity index (χ1v) is 12.2. The molecule has 3 aromatic carbocycles. The molecule has 0 unspecified atom stereocenters. The number of carbonyl (C=O) groups excluding carboxylic acids is 1. The largest absolute Gasteiger partial charge is 0.494 e. The van der Waals surface area contributed by atoms with Crippen LogP contribution in [0.2, 0.25) is 5.02 Å². The number of carbonyl (C=O) groups is 1. The zero-order chi connectivity index (χ0) is 23.5. The third kappa shape index (κ3) is 4.80. The summed E-state index contributed by atoms with van der Waals surface area (Å²) in [5.74, 6) is 2.09. The first kappa shape index (κ1) is 22.5. The molecule has 2 heterocycles. The second-order valence-electron chi connectivity index (χ2n) is 8.86. The topological polar surface area (TPSA) is 47.4 Å². The highest BCUT2D eigenvalue weighted by Gasteiger charge is 2.34. The van der Waals surface area contributed by atoms with Crippen molar-refractivity contribution in [1.82, 2.24) is 9.55 Å². The molecule has 5 nitrogen and oxygen atoms in total. The average molecular weight is 474 g/mol. The van der Waals surface area contributed by atoms with Crippen LogP contribution in [0.15, 0.2) is 72.8 Å². The Balaban J connectivity index is 1.29. The molecular weight excluding hydrogens is 446 g/mol. The number of rotatable bonds is 8. The molecule has 1 saturated heterocycles. The number of para-hydroxylation sites is 2. The van der Waals surface area contributed by atoms with Crippen LogP contribution in [0.1, 0.15) is 36.6 Å². The van der Waals surface area contributed by atoms with Crippen molar-refractivity contribution in [3.63, 3.8) is 0 Å².